The highest BCUT2D eigenvalue weighted by Crippen LogP contribution is 2.10. The molecule has 14 heavy (non-hydrogen) atoms. The van der Waals surface area contributed by atoms with E-state index < -0.39 is 0 Å². The van der Waals surface area contributed by atoms with Gasteiger partial charge in [0.05, 0.1) is 17.4 Å². The number of hydrogen-bond donors (Lipinski definition) is 2. The van der Waals surface area contributed by atoms with Crippen molar-refractivity contribution in [3.8, 4) is 0 Å². The largest absolute Gasteiger partial charge is 0.323 e. The van der Waals surface area contributed by atoms with E-state index >= 15 is 0 Å². The number of amides is 1. The molecule has 0 unspecified atom stereocenters. The van der Waals surface area contributed by atoms with Crippen molar-refractivity contribution in [3.05, 3.63) is 24.0 Å². The van der Waals surface area contributed by atoms with E-state index in [0.29, 0.717) is 0 Å². The number of anilines is 1. The van der Waals surface area contributed by atoms with Crippen LogP contribution in [0.15, 0.2) is 18.3 Å². The van der Waals surface area contributed by atoms with Gasteiger partial charge in [0.15, 0.2) is 0 Å². The number of aromatic nitrogens is 1. The molecule has 0 spiro atoms. The highest BCUT2D eigenvalue weighted by atomic mass is 16.2. The van der Waals surface area contributed by atoms with E-state index in [1.807, 2.05) is 13.0 Å². The first-order chi connectivity index (χ1) is 6.65. The maximum atomic E-state index is 11.5. The molecular weight excluding hydrogens is 178 g/mol. The zero-order valence-corrected chi connectivity index (χ0v) is 8.66. The fraction of sp³-hybridized carbons (Fsp3) is 0.400. The van der Waals surface area contributed by atoms with Crippen LogP contribution in [-0.4, -0.2) is 24.0 Å². The quantitative estimate of drug-likeness (QED) is 0.751. The lowest BCUT2D eigenvalue weighted by atomic mass is 10.2. The van der Waals surface area contributed by atoms with Crippen LogP contribution in [0.2, 0.25) is 0 Å². The molecule has 0 aliphatic carbocycles. The van der Waals surface area contributed by atoms with Crippen molar-refractivity contribution >= 4 is 11.6 Å². The molecule has 1 aromatic heterocycles. The van der Waals surface area contributed by atoms with Crippen molar-refractivity contribution in [3.63, 3.8) is 0 Å². The Kier molecular flexibility index (Phi) is 3.59. The van der Waals surface area contributed by atoms with Gasteiger partial charge in [-0.1, -0.05) is 0 Å². The van der Waals surface area contributed by atoms with Gasteiger partial charge < -0.3 is 10.6 Å². The lowest BCUT2D eigenvalue weighted by Crippen LogP contribution is -2.35. The Labute approximate surface area is 83.7 Å². The molecule has 4 heteroatoms. The Morgan fingerprint density at radius 2 is 2.29 bits per heavy atom. The van der Waals surface area contributed by atoms with E-state index in [-0.39, 0.29) is 11.9 Å². The number of likely N-dealkylation sites (N-methyl/N-ethyl adjacent to an activating group) is 1. The smallest absolute Gasteiger partial charge is 0.241 e. The molecule has 0 saturated carbocycles. The van der Waals surface area contributed by atoms with Gasteiger partial charge in [-0.25, -0.2) is 0 Å². The summed E-state index contributed by atoms with van der Waals surface area (Å²) in [6.07, 6.45) is 1.70. The number of pyridine rings is 1. The molecule has 1 amide bonds. The molecule has 0 saturated heterocycles. The van der Waals surface area contributed by atoms with Crippen LogP contribution in [0.3, 0.4) is 0 Å². The third-order valence-corrected chi connectivity index (χ3v) is 2.09. The van der Waals surface area contributed by atoms with Crippen LogP contribution in [0.25, 0.3) is 0 Å². The van der Waals surface area contributed by atoms with Gasteiger partial charge in [0.2, 0.25) is 5.91 Å². The molecule has 1 atom stereocenters. The molecule has 1 aromatic rings. The van der Waals surface area contributed by atoms with Crippen molar-refractivity contribution in [1.82, 2.24) is 10.3 Å². The molecule has 0 aromatic carbocycles. The fourth-order valence-electron chi connectivity index (χ4n) is 0.988. The molecule has 0 fully saturated rings. The van der Waals surface area contributed by atoms with E-state index in [4.69, 9.17) is 0 Å². The average molecular weight is 193 g/mol. The highest BCUT2D eigenvalue weighted by Gasteiger charge is 2.10. The summed E-state index contributed by atoms with van der Waals surface area (Å²) in [5.41, 5.74) is 1.59. The summed E-state index contributed by atoms with van der Waals surface area (Å²) in [6, 6.07) is 3.43. The predicted molar refractivity (Wildman–Crippen MR) is 56.1 cm³/mol. The van der Waals surface area contributed by atoms with Gasteiger partial charge in [0.1, 0.15) is 0 Å². The van der Waals surface area contributed by atoms with Crippen molar-refractivity contribution in [2.24, 2.45) is 0 Å². The molecule has 0 bridgehead atoms. The second-order valence-electron chi connectivity index (χ2n) is 3.14. The summed E-state index contributed by atoms with van der Waals surface area (Å²) >= 11 is 0. The van der Waals surface area contributed by atoms with Gasteiger partial charge in [-0.05, 0) is 33.0 Å². The maximum absolute atomic E-state index is 11.5. The highest BCUT2D eigenvalue weighted by molar-refractivity contribution is 5.94. The van der Waals surface area contributed by atoms with Gasteiger partial charge in [0.25, 0.3) is 0 Å². The number of nitrogens with one attached hydrogen (secondary N) is 2. The molecule has 1 rings (SSSR count). The first kappa shape index (κ1) is 10.7. The Morgan fingerprint density at radius 3 is 2.86 bits per heavy atom. The summed E-state index contributed by atoms with van der Waals surface area (Å²) in [4.78, 5) is 15.6. The minimum absolute atomic E-state index is 0.0522. The number of carbonyl (C=O) groups excluding carboxylic acids is 1. The lowest BCUT2D eigenvalue weighted by molar-refractivity contribution is -0.117. The molecule has 4 nitrogen and oxygen atoms in total. The van der Waals surface area contributed by atoms with Crippen molar-refractivity contribution in [2.75, 3.05) is 12.4 Å². The molecule has 0 aliphatic rings. The monoisotopic (exact) mass is 193 g/mol. The van der Waals surface area contributed by atoms with E-state index in [0.717, 1.165) is 11.4 Å². The van der Waals surface area contributed by atoms with Gasteiger partial charge in [-0.2, -0.15) is 0 Å². The van der Waals surface area contributed by atoms with E-state index in [9.17, 15) is 4.79 Å². The van der Waals surface area contributed by atoms with Crippen LogP contribution >= 0.6 is 0 Å². The maximum Gasteiger partial charge on any atom is 0.241 e. The van der Waals surface area contributed by atoms with Crippen LogP contribution in [0.4, 0.5) is 5.69 Å². The molecule has 0 aliphatic heterocycles. The number of nitrogens with zero attached hydrogens (tertiary/aromatic N) is 1. The minimum Gasteiger partial charge on any atom is -0.323 e. The molecular formula is C10H15N3O. The summed E-state index contributed by atoms with van der Waals surface area (Å²) in [5, 5.41) is 5.67. The van der Waals surface area contributed by atoms with Gasteiger partial charge in [0, 0.05) is 6.20 Å². The summed E-state index contributed by atoms with van der Waals surface area (Å²) < 4.78 is 0. The van der Waals surface area contributed by atoms with E-state index in [1.54, 1.807) is 26.2 Å². The first-order valence-corrected chi connectivity index (χ1v) is 4.55. The predicted octanol–water partition coefficient (Wildman–Crippen LogP) is 0.936. The molecule has 76 valence electrons. The van der Waals surface area contributed by atoms with Crippen LogP contribution in [0, 0.1) is 6.92 Å². The number of aryl methyl sites for hydroxylation is 1. The van der Waals surface area contributed by atoms with Crippen LogP contribution in [-0.2, 0) is 4.79 Å². The zero-order chi connectivity index (χ0) is 10.6. The second kappa shape index (κ2) is 4.72. The molecule has 2 N–H and O–H groups in total. The second-order valence-corrected chi connectivity index (χ2v) is 3.14. The van der Waals surface area contributed by atoms with Crippen molar-refractivity contribution in [2.45, 2.75) is 19.9 Å². The summed E-state index contributed by atoms with van der Waals surface area (Å²) in [5.74, 6) is -0.0522. The zero-order valence-electron chi connectivity index (χ0n) is 8.66. The SMILES string of the molecule is CN[C@@H](C)C(=O)Nc1cccnc1C. The Balaban J connectivity index is 2.70. The third-order valence-electron chi connectivity index (χ3n) is 2.09. The normalized spacial score (nSPS) is 12.2. The summed E-state index contributed by atoms with van der Waals surface area (Å²) in [6.45, 7) is 3.67. The van der Waals surface area contributed by atoms with E-state index in [2.05, 4.69) is 15.6 Å². The van der Waals surface area contributed by atoms with Crippen LogP contribution in [0.1, 0.15) is 12.6 Å². The van der Waals surface area contributed by atoms with Crippen LogP contribution < -0.4 is 10.6 Å². The van der Waals surface area contributed by atoms with Crippen LogP contribution in [0.5, 0.6) is 0 Å². The topological polar surface area (TPSA) is 54.0 Å². The Bertz CT molecular complexity index is 325. The lowest BCUT2D eigenvalue weighted by Gasteiger charge is -2.11. The third kappa shape index (κ3) is 2.53. The van der Waals surface area contributed by atoms with E-state index in [1.165, 1.54) is 0 Å². The Morgan fingerprint density at radius 1 is 1.57 bits per heavy atom. The number of rotatable bonds is 3. The molecule has 1 heterocycles. The van der Waals surface area contributed by atoms with Crippen molar-refractivity contribution in [1.29, 1.82) is 0 Å². The first-order valence-electron chi connectivity index (χ1n) is 4.55. The van der Waals surface area contributed by atoms with Gasteiger partial charge in [-0.15, -0.1) is 0 Å². The minimum atomic E-state index is -0.199. The fourth-order valence-corrected chi connectivity index (χ4v) is 0.988. The van der Waals surface area contributed by atoms with Crippen molar-refractivity contribution < 1.29 is 4.79 Å². The average Bonchev–Trinajstić information content (AvgIpc) is 2.20. The number of carbonyl (C=O) groups is 1. The summed E-state index contributed by atoms with van der Waals surface area (Å²) in [7, 11) is 1.75. The number of hydrogen-bond acceptors (Lipinski definition) is 3. The Hall–Kier alpha value is -1.42. The van der Waals surface area contributed by atoms with Gasteiger partial charge in [-0.3, -0.25) is 9.78 Å². The van der Waals surface area contributed by atoms with Gasteiger partial charge >= 0.3 is 0 Å². The standard InChI is InChI=1S/C10H15N3O/c1-7-9(5-4-6-12-7)13-10(14)8(2)11-3/h4-6,8,11H,1-3H3,(H,13,14)/t8-/m0/s1. The molecule has 0 radical (unpaired) electrons.